The molecule has 21 heavy (non-hydrogen) atoms. The van der Waals surface area contributed by atoms with Gasteiger partial charge in [-0.05, 0) is 12.1 Å². The molecule has 0 aliphatic heterocycles. The second-order valence-corrected chi connectivity index (χ2v) is 3.83. The summed E-state index contributed by atoms with van der Waals surface area (Å²) in [6.07, 6.45) is -2.49. The Morgan fingerprint density at radius 3 is 2.62 bits per heavy atom. The number of rotatable bonds is 3. The predicted octanol–water partition coefficient (Wildman–Crippen LogP) is 2.21. The maximum Gasteiger partial charge on any atom is 0.573 e. The van der Waals surface area contributed by atoms with Crippen LogP contribution in [0.15, 0.2) is 36.7 Å². The molecule has 0 aliphatic carbocycles. The largest absolute Gasteiger partial charge is 0.573 e. The van der Waals surface area contributed by atoms with E-state index in [0.717, 1.165) is 12.3 Å². The molecule has 0 radical (unpaired) electrons. The normalized spacial score (nSPS) is 11.0. The molecule has 0 bridgehead atoms. The Balaban J connectivity index is 2.22. The molecule has 0 saturated carbocycles. The van der Waals surface area contributed by atoms with Crippen LogP contribution in [-0.2, 0) is 0 Å². The highest BCUT2D eigenvalue weighted by Gasteiger charge is 2.32. The molecule has 3 N–H and O–H groups in total. The molecule has 1 heterocycles. The molecule has 0 saturated heterocycles. The number of halogens is 3. The van der Waals surface area contributed by atoms with Gasteiger partial charge in [-0.3, -0.25) is 9.78 Å². The van der Waals surface area contributed by atoms with Gasteiger partial charge in [0.2, 0.25) is 0 Å². The fraction of sp³-hybridized carbons (Fsp3) is 0.0833. The number of amides is 1. The maximum absolute atomic E-state index is 12.3. The number of nitrogens with zero attached hydrogens (tertiary/aromatic N) is 2. The Labute approximate surface area is 116 Å². The lowest BCUT2D eigenvalue weighted by molar-refractivity contribution is -0.274. The number of benzene rings is 1. The summed E-state index contributed by atoms with van der Waals surface area (Å²) in [5, 5.41) is 2.25. The minimum Gasteiger partial charge on any atom is -0.404 e. The van der Waals surface area contributed by atoms with E-state index < -0.39 is 18.0 Å². The minimum atomic E-state index is -4.86. The Morgan fingerprint density at radius 2 is 1.95 bits per heavy atom. The van der Waals surface area contributed by atoms with Crippen molar-refractivity contribution < 1.29 is 22.7 Å². The summed E-state index contributed by atoms with van der Waals surface area (Å²) in [5.41, 5.74) is 5.10. The van der Waals surface area contributed by atoms with Crippen LogP contribution in [-0.4, -0.2) is 22.2 Å². The van der Waals surface area contributed by atoms with Crippen LogP contribution in [0, 0.1) is 0 Å². The molecule has 1 amide bonds. The minimum absolute atomic E-state index is 0.0162. The number of nitrogens with two attached hydrogens (primary N) is 1. The van der Waals surface area contributed by atoms with Crippen molar-refractivity contribution in [2.24, 2.45) is 0 Å². The van der Waals surface area contributed by atoms with E-state index in [0.29, 0.717) is 0 Å². The number of ether oxygens (including phenoxy) is 1. The SMILES string of the molecule is Nc1cncc(C(=O)Nc2ccccc2OC(F)(F)F)n1. The summed E-state index contributed by atoms with van der Waals surface area (Å²) in [4.78, 5) is 19.3. The first-order valence-corrected chi connectivity index (χ1v) is 5.59. The van der Waals surface area contributed by atoms with Crippen LogP contribution in [0.25, 0.3) is 0 Å². The first-order valence-electron chi connectivity index (χ1n) is 5.59. The van der Waals surface area contributed by atoms with E-state index in [4.69, 9.17) is 5.73 Å². The number of carbonyl (C=O) groups is 1. The van der Waals surface area contributed by atoms with Gasteiger partial charge in [-0.2, -0.15) is 0 Å². The molecule has 1 aromatic carbocycles. The van der Waals surface area contributed by atoms with Gasteiger partial charge in [-0.25, -0.2) is 4.98 Å². The number of nitrogens with one attached hydrogen (secondary N) is 1. The van der Waals surface area contributed by atoms with Gasteiger partial charge in [-0.1, -0.05) is 12.1 Å². The van der Waals surface area contributed by atoms with Crippen LogP contribution in [0.2, 0.25) is 0 Å². The van der Waals surface area contributed by atoms with Gasteiger partial charge in [-0.15, -0.1) is 13.2 Å². The number of aromatic nitrogens is 2. The van der Waals surface area contributed by atoms with Gasteiger partial charge in [0.05, 0.1) is 18.1 Å². The van der Waals surface area contributed by atoms with E-state index >= 15 is 0 Å². The van der Waals surface area contributed by atoms with Crippen molar-refractivity contribution in [3.05, 3.63) is 42.4 Å². The van der Waals surface area contributed by atoms with Gasteiger partial charge >= 0.3 is 6.36 Å². The molecular formula is C12H9F3N4O2. The van der Waals surface area contributed by atoms with Crippen molar-refractivity contribution in [1.82, 2.24) is 9.97 Å². The smallest absolute Gasteiger partial charge is 0.404 e. The lowest BCUT2D eigenvalue weighted by Gasteiger charge is -2.13. The zero-order chi connectivity index (χ0) is 15.5. The molecule has 1 aromatic heterocycles. The van der Waals surface area contributed by atoms with Crippen LogP contribution >= 0.6 is 0 Å². The van der Waals surface area contributed by atoms with E-state index in [2.05, 4.69) is 20.0 Å². The molecular weight excluding hydrogens is 289 g/mol. The van der Waals surface area contributed by atoms with Crippen molar-refractivity contribution in [1.29, 1.82) is 0 Å². The van der Waals surface area contributed by atoms with Gasteiger partial charge in [0, 0.05) is 0 Å². The van der Waals surface area contributed by atoms with Crippen molar-refractivity contribution in [2.45, 2.75) is 6.36 Å². The standard InChI is InChI=1S/C12H9F3N4O2/c13-12(14,15)21-9-4-2-1-3-7(9)19-11(20)8-5-17-6-10(16)18-8/h1-6H,(H2,16,18)(H,19,20). The Kier molecular flexibility index (Phi) is 3.92. The number of hydrogen-bond acceptors (Lipinski definition) is 5. The van der Waals surface area contributed by atoms with Crippen molar-refractivity contribution in [3.63, 3.8) is 0 Å². The number of para-hydroxylation sites is 2. The van der Waals surface area contributed by atoms with Crippen molar-refractivity contribution in [3.8, 4) is 5.75 Å². The van der Waals surface area contributed by atoms with Gasteiger partial charge < -0.3 is 15.8 Å². The molecule has 9 heteroatoms. The highest BCUT2D eigenvalue weighted by molar-refractivity contribution is 6.03. The van der Waals surface area contributed by atoms with Crippen LogP contribution in [0.3, 0.4) is 0 Å². The lowest BCUT2D eigenvalue weighted by atomic mass is 10.3. The molecule has 110 valence electrons. The van der Waals surface area contributed by atoms with Crippen LogP contribution in [0.5, 0.6) is 5.75 Å². The maximum atomic E-state index is 12.3. The molecule has 0 aliphatic rings. The third-order valence-corrected chi connectivity index (χ3v) is 2.25. The van der Waals surface area contributed by atoms with Crippen LogP contribution < -0.4 is 15.8 Å². The van der Waals surface area contributed by atoms with E-state index in [9.17, 15) is 18.0 Å². The van der Waals surface area contributed by atoms with Gasteiger partial charge in [0.15, 0.2) is 5.75 Å². The summed E-state index contributed by atoms with van der Waals surface area (Å²) in [5.74, 6) is -1.27. The third kappa shape index (κ3) is 4.06. The number of nitrogen functional groups attached to an aromatic ring is 1. The molecule has 0 unspecified atom stereocenters. The monoisotopic (exact) mass is 298 g/mol. The highest BCUT2D eigenvalue weighted by atomic mass is 19.4. The molecule has 6 nitrogen and oxygen atoms in total. The summed E-state index contributed by atoms with van der Waals surface area (Å²) >= 11 is 0. The topological polar surface area (TPSA) is 90.1 Å². The fourth-order valence-corrected chi connectivity index (χ4v) is 1.46. The summed E-state index contributed by atoms with van der Waals surface area (Å²) in [6.45, 7) is 0. The van der Waals surface area contributed by atoms with Gasteiger partial charge in [0.25, 0.3) is 5.91 Å². The Morgan fingerprint density at radius 1 is 1.24 bits per heavy atom. The number of hydrogen-bond donors (Lipinski definition) is 2. The molecule has 0 spiro atoms. The van der Waals surface area contributed by atoms with Crippen molar-refractivity contribution in [2.75, 3.05) is 11.1 Å². The number of carbonyl (C=O) groups excluding carboxylic acids is 1. The van der Waals surface area contributed by atoms with E-state index in [1.165, 1.54) is 24.4 Å². The van der Waals surface area contributed by atoms with E-state index in [1.54, 1.807) is 0 Å². The highest BCUT2D eigenvalue weighted by Crippen LogP contribution is 2.30. The first-order chi connectivity index (χ1) is 9.85. The van der Waals surface area contributed by atoms with Crippen LogP contribution in [0.4, 0.5) is 24.7 Å². The van der Waals surface area contributed by atoms with E-state index in [1.807, 2.05) is 0 Å². The second kappa shape index (κ2) is 5.65. The third-order valence-electron chi connectivity index (χ3n) is 2.25. The molecule has 0 fully saturated rings. The van der Waals surface area contributed by atoms with Gasteiger partial charge in [0.1, 0.15) is 11.5 Å². The second-order valence-electron chi connectivity index (χ2n) is 3.83. The molecule has 2 rings (SSSR count). The molecule has 0 atom stereocenters. The van der Waals surface area contributed by atoms with E-state index in [-0.39, 0.29) is 17.2 Å². The number of alkyl halides is 3. The summed E-state index contributed by atoms with van der Waals surface area (Å²) in [7, 11) is 0. The lowest BCUT2D eigenvalue weighted by Crippen LogP contribution is -2.20. The Hall–Kier alpha value is -2.84. The average Bonchev–Trinajstić information content (AvgIpc) is 2.39. The quantitative estimate of drug-likeness (QED) is 0.906. The Bertz CT molecular complexity index is 661. The predicted molar refractivity (Wildman–Crippen MR) is 67.5 cm³/mol. The zero-order valence-electron chi connectivity index (χ0n) is 10.4. The molecule has 2 aromatic rings. The van der Waals surface area contributed by atoms with Crippen molar-refractivity contribution >= 4 is 17.4 Å². The summed E-state index contributed by atoms with van der Waals surface area (Å²) < 4.78 is 40.6. The fourth-order valence-electron chi connectivity index (χ4n) is 1.46. The van der Waals surface area contributed by atoms with Crippen LogP contribution in [0.1, 0.15) is 10.5 Å². The zero-order valence-corrected chi connectivity index (χ0v) is 10.4. The summed E-state index contributed by atoms with van der Waals surface area (Å²) in [6, 6.07) is 5.13. The first kappa shape index (κ1) is 14.6. The number of anilines is 2. The average molecular weight is 298 g/mol.